The number of aryl methyl sites for hydroxylation is 2. The van der Waals surface area contributed by atoms with Gasteiger partial charge >= 0.3 is 6.09 Å². The standard InChI is InChI=1S/C22H31FN8O3/c1-13-8-24-19-18(25-15-10-28(5)27-20(15)33-7)26-17(12-31(13)19)30-9-14(23)16(11-30)29(6)21(32)34-22(2,3)4/h8,10,12,14,16H,9,11H2,1-7H3,(H,25,26)/t14-,16-/m1/s1. The molecule has 0 unspecified atom stereocenters. The molecule has 1 N–H and O–H groups in total. The van der Waals surface area contributed by atoms with Crippen molar-refractivity contribution in [2.24, 2.45) is 7.05 Å². The van der Waals surface area contributed by atoms with Crippen LogP contribution in [0.25, 0.3) is 5.65 Å². The lowest BCUT2D eigenvalue weighted by Gasteiger charge is -2.29. The van der Waals surface area contributed by atoms with Gasteiger partial charge in [-0.1, -0.05) is 0 Å². The predicted octanol–water partition coefficient (Wildman–Crippen LogP) is 2.92. The first-order valence-electron chi connectivity index (χ1n) is 11.0. The number of carbonyl (C=O) groups is 1. The van der Waals surface area contributed by atoms with E-state index in [0.29, 0.717) is 28.9 Å². The molecule has 3 aromatic heterocycles. The molecule has 1 fully saturated rings. The van der Waals surface area contributed by atoms with Crippen molar-refractivity contribution in [3.8, 4) is 5.88 Å². The maximum Gasteiger partial charge on any atom is 0.410 e. The summed E-state index contributed by atoms with van der Waals surface area (Å²) in [4.78, 5) is 24.9. The fourth-order valence-corrected chi connectivity index (χ4v) is 3.93. The smallest absolute Gasteiger partial charge is 0.410 e. The molecule has 0 bridgehead atoms. The number of amides is 1. The Labute approximate surface area is 197 Å². The van der Waals surface area contributed by atoms with Crippen molar-refractivity contribution >= 4 is 29.1 Å². The molecule has 2 atom stereocenters. The number of fused-ring (bicyclic) bond motifs is 1. The second-order valence-corrected chi connectivity index (χ2v) is 9.47. The van der Waals surface area contributed by atoms with Gasteiger partial charge in [-0.2, -0.15) is 0 Å². The highest BCUT2D eigenvalue weighted by molar-refractivity contribution is 5.74. The Morgan fingerprint density at radius 1 is 1.29 bits per heavy atom. The first-order valence-corrected chi connectivity index (χ1v) is 11.0. The molecule has 0 aromatic carbocycles. The van der Waals surface area contributed by atoms with Crippen molar-refractivity contribution < 1.29 is 18.7 Å². The van der Waals surface area contributed by atoms with E-state index in [0.717, 1.165) is 5.69 Å². The van der Waals surface area contributed by atoms with Gasteiger partial charge in [0.15, 0.2) is 11.5 Å². The van der Waals surface area contributed by atoms with E-state index in [9.17, 15) is 4.79 Å². The summed E-state index contributed by atoms with van der Waals surface area (Å²) in [7, 11) is 4.90. The monoisotopic (exact) mass is 474 g/mol. The number of halogens is 1. The zero-order chi connectivity index (χ0) is 24.8. The number of hydrogen-bond acceptors (Lipinski definition) is 8. The fraction of sp³-hybridized carbons (Fsp3) is 0.545. The molecule has 34 heavy (non-hydrogen) atoms. The molecule has 12 heteroatoms. The quantitative estimate of drug-likeness (QED) is 0.602. The van der Waals surface area contributed by atoms with Crippen molar-refractivity contribution in [1.29, 1.82) is 0 Å². The Bertz CT molecular complexity index is 1200. The van der Waals surface area contributed by atoms with E-state index in [2.05, 4.69) is 15.4 Å². The largest absolute Gasteiger partial charge is 0.478 e. The van der Waals surface area contributed by atoms with Crippen LogP contribution in [-0.4, -0.2) is 80.2 Å². The first kappa shape index (κ1) is 23.6. The van der Waals surface area contributed by atoms with Gasteiger partial charge in [0, 0.05) is 32.5 Å². The highest BCUT2D eigenvalue weighted by atomic mass is 19.1. The second kappa shape index (κ2) is 8.65. The summed E-state index contributed by atoms with van der Waals surface area (Å²) in [5.74, 6) is 1.46. The number of nitrogens with zero attached hydrogens (tertiary/aromatic N) is 7. The molecule has 11 nitrogen and oxygen atoms in total. The van der Waals surface area contributed by atoms with Crippen LogP contribution >= 0.6 is 0 Å². The lowest BCUT2D eigenvalue weighted by molar-refractivity contribution is 0.0183. The van der Waals surface area contributed by atoms with E-state index in [4.69, 9.17) is 14.5 Å². The zero-order valence-corrected chi connectivity index (χ0v) is 20.5. The molecule has 1 aliphatic rings. The minimum absolute atomic E-state index is 0.0969. The summed E-state index contributed by atoms with van der Waals surface area (Å²) in [5.41, 5.74) is 1.49. The van der Waals surface area contributed by atoms with Crippen LogP contribution in [0, 0.1) is 6.92 Å². The maximum atomic E-state index is 15.1. The van der Waals surface area contributed by atoms with Gasteiger partial charge in [-0.25, -0.2) is 19.2 Å². The third-order valence-electron chi connectivity index (χ3n) is 5.63. The third-order valence-corrected chi connectivity index (χ3v) is 5.63. The SMILES string of the molecule is COc1nn(C)cc1Nc1nc(N2C[C@@H](F)[C@H](N(C)C(=O)OC(C)(C)C)C2)cn2c(C)cnc12. The Morgan fingerprint density at radius 2 is 2.03 bits per heavy atom. The Morgan fingerprint density at radius 3 is 2.71 bits per heavy atom. The van der Waals surface area contributed by atoms with E-state index in [1.54, 1.807) is 59.1 Å². The van der Waals surface area contributed by atoms with Gasteiger partial charge in [-0.3, -0.25) is 9.08 Å². The van der Waals surface area contributed by atoms with Crippen LogP contribution < -0.4 is 15.0 Å². The average Bonchev–Trinajstić information content (AvgIpc) is 3.43. The first-order chi connectivity index (χ1) is 16.0. The fourth-order valence-electron chi connectivity index (χ4n) is 3.93. The molecule has 1 amide bonds. The molecule has 0 saturated carbocycles. The predicted molar refractivity (Wildman–Crippen MR) is 126 cm³/mol. The van der Waals surface area contributed by atoms with Crippen LogP contribution in [0.2, 0.25) is 0 Å². The average molecular weight is 475 g/mol. The van der Waals surface area contributed by atoms with E-state index in [1.807, 2.05) is 22.4 Å². The summed E-state index contributed by atoms with van der Waals surface area (Å²) in [6, 6.07) is -0.661. The van der Waals surface area contributed by atoms with Gasteiger partial charge < -0.3 is 24.6 Å². The zero-order valence-electron chi connectivity index (χ0n) is 20.5. The molecule has 0 aliphatic carbocycles. The molecule has 3 aromatic rings. The number of ether oxygens (including phenoxy) is 2. The van der Waals surface area contributed by atoms with Crippen molar-refractivity contribution in [2.45, 2.75) is 45.5 Å². The van der Waals surface area contributed by atoms with Crippen LogP contribution in [0.4, 0.5) is 26.5 Å². The van der Waals surface area contributed by atoms with Gasteiger partial charge in [-0.15, -0.1) is 5.10 Å². The summed E-state index contributed by atoms with van der Waals surface area (Å²) >= 11 is 0. The number of alkyl halides is 1. The lowest BCUT2D eigenvalue weighted by Crippen LogP contribution is -2.45. The van der Waals surface area contributed by atoms with Crippen LogP contribution in [-0.2, 0) is 11.8 Å². The molecule has 0 spiro atoms. The Kier molecular flexibility index (Phi) is 6.00. The van der Waals surface area contributed by atoms with Gasteiger partial charge in [0.25, 0.3) is 5.88 Å². The summed E-state index contributed by atoms with van der Waals surface area (Å²) in [5, 5.41) is 7.51. The normalized spacial score (nSPS) is 18.4. The van der Waals surface area contributed by atoms with E-state index in [-0.39, 0.29) is 13.1 Å². The third kappa shape index (κ3) is 4.57. The van der Waals surface area contributed by atoms with Crippen LogP contribution in [0.15, 0.2) is 18.6 Å². The minimum Gasteiger partial charge on any atom is -0.478 e. The van der Waals surface area contributed by atoms with Crippen LogP contribution in [0.1, 0.15) is 26.5 Å². The molecule has 1 aliphatic heterocycles. The Hall–Kier alpha value is -3.57. The molecule has 0 radical (unpaired) electrons. The molecule has 184 valence electrons. The van der Waals surface area contributed by atoms with E-state index in [1.165, 1.54) is 4.90 Å². The number of rotatable bonds is 5. The lowest BCUT2D eigenvalue weighted by atomic mass is 10.2. The molecule has 4 rings (SSSR count). The minimum atomic E-state index is -1.26. The molecular formula is C22H31FN8O3. The van der Waals surface area contributed by atoms with Crippen LogP contribution in [0.3, 0.4) is 0 Å². The van der Waals surface area contributed by atoms with Crippen molar-refractivity contribution in [2.75, 3.05) is 37.5 Å². The van der Waals surface area contributed by atoms with Crippen molar-refractivity contribution in [3.63, 3.8) is 0 Å². The number of nitrogens with one attached hydrogen (secondary N) is 1. The van der Waals surface area contributed by atoms with E-state index < -0.39 is 23.9 Å². The van der Waals surface area contributed by atoms with Gasteiger partial charge in [0.05, 0.1) is 32.1 Å². The number of likely N-dealkylation sites (N-methyl/N-ethyl adjacent to an activating group) is 1. The number of anilines is 3. The number of hydrogen-bond donors (Lipinski definition) is 1. The number of aromatic nitrogens is 5. The van der Waals surface area contributed by atoms with Gasteiger partial charge in [0.1, 0.15) is 23.3 Å². The highest BCUT2D eigenvalue weighted by Crippen LogP contribution is 2.31. The van der Waals surface area contributed by atoms with Gasteiger partial charge in [-0.05, 0) is 27.7 Å². The van der Waals surface area contributed by atoms with Crippen molar-refractivity contribution in [1.82, 2.24) is 29.0 Å². The van der Waals surface area contributed by atoms with E-state index >= 15 is 4.39 Å². The molecule has 4 heterocycles. The Balaban J connectivity index is 1.63. The summed E-state index contributed by atoms with van der Waals surface area (Å²) in [6.45, 7) is 7.65. The molecule has 1 saturated heterocycles. The summed E-state index contributed by atoms with van der Waals surface area (Å²) < 4.78 is 29.3. The van der Waals surface area contributed by atoms with Crippen LogP contribution in [0.5, 0.6) is 5.88 Å². The number of methoxy groups -OCH3 is 1. The van der Waals surface area contributed by atoms with Crippen molar-refractivity contribution in [3.05, 3.63) is 24.3 Å². The molecular weight excluding hydrogens is 443 g/mol. The maximum absolute atomic E-state index is 15.1. The summed E-state index contributed by atoms with van der Waals surface area (Å²) in [6.07, 6.45) is 3.54. The number of carbonyl (C=O) groups excluding carboxylic acids is 1. The number of imidazole rings is 1. The highest BCUT2D eigenvalue weighted by Gasteiger charge is 2.39. The second-order valence-electron chi connectivity index (χ2n) is 9.47. The topological polar surface area (TPSA) is 102 Å². The van der Waals surface area contributed by atoms with Gasteiger partial charge in [0.2, 0.25) is 0 Å².